The Bertz CT molecular complexity index is 164. The average molecular weight is 196 g/mol. The second kappa shape index (κ2) is 5.13. The first-order valence-electron chi connectivity index (χ1n) is 6.36. The van der Waals surface area contributed by atoms with E-state index in [-0.39, 0.29) is 0 Å². The van der Waals surface area contributed by atoms with Crippen molar-refractivity contribution in [2.75, 3.05) is 26.2 Å². The first kappa shape index (κ1) is 10.4. The van der Waals surface area contributed by atoms with Gasteiger partial charge in [-0.3, -0.25) is 0 Å². The highest BCUT2D eigenvalue weighted by molar-refractivity contribution is 4.85. The molecule has 2 nitrogen and oxygen atoms in total. The van der Waals surface area contributed by atoms with E-state index >= 15 is 0 Å². The van der Waals surface area contributed by atoms with E-state index in [4.69, 9.17) is 0 Å². The monoisotopic (exact) mass is 196 g/mol. The Kier molecular flexibility index (Phi) is 3.82. The average Bonchev–Trinajstić information content (AvgIpc) is 2.30. The minimum atomic E-state index is 0.890. The van der Waals surface area contributed by atoms with E-state index in [2.05, 4.69) is 17.1 Å². The van der Waals surface area contributed by atoms with Crippen molar-refractivity contribution in [1.29, 1.82) is 0 Å². The van der Waals surface area contributed by atoms with Gasteiger partial charge in [-0.1, -0.05) is 19.8 Å². The van der Waals surface area contributed by atoms with Gasteiger partial charge in [-0.25, -0.2) is 0 Å². The summed E-state index contributed by atoms with van der Waals surface area (Å²) in [5.74, 6) is 0.904. The molecule has 82 valence electrons. The van der Waals surface area contributed by atoms with Crippen molar-refractivity contribution in [1.82, 2.24) is 10.2 Å². The van der Waals surface area contributed by atoms with Gasteiger partial charge in [0.05, 0.1) is 0 Å². The molecule has 2 aliphatic rings. The molecule has 2 aliphatic heterocycles. The molecular weight excluding hydrogens is 172 g/mol. The third-order valence-corrected chi connectivity index (χ3v) is 3.95. The second-order valence-electron chi connectivity index (χ2n) is 4.83. The van der Waals surface area contributed by atoms with Crippen LogP contribution in [-0.2, 0) is 0 Å². The summed E-state index contributed by atoms with van der Waals surface area (Å²) in [6.45, 7) is 7.55. The first-order valence-corrected chi connectivity index (χ1v) is 6.36. The zero-order valence-corrected chi connectivity index (χ0v) is 9.47. The zero-order valence-electron chi connectivity index (χ0n) is 9.47. The summed E-state index contributed by atoms with van der Waals surface area (Å²) in [5.41, 5.74) is 0. The van der Waals surface area contributed by atoms with Gasteiger partial charge < -0.3 is 10.2 Å². The fraction of sp³-hybridized carbons (Fsp3) is 1.00. The van der Waals surface area contributed by atoms with Crippen LogP contribution in [0.3, 0.4) is 0 Å². The van der Waals surface area contributed by atoms with Crippen LogP contribution >= 0.6 is 0 Å². The van der Waals surface area contributed by atoms with Gasteiger partial charge >= 0.3 is 0 Å². The fourth-order valence-corrected chi connectivity index (χ4v) is 3.06. The van der Waals surface area contributed by atoms with Gasteiger partial charge in [0.1, 0.15) is 0 Å². The van der Waals surface area contributed by atoms with Crippen LogP contribution in [0.4, 0.5) is 0 Å². The predicted molar refractivity (Wildman–Crippen MR) is 60.5 cm³/mol. The number of rotatable bonds is 2. The molecule has 0 bridgehead atoms. The molecule has 0 aromatic heterocycles. The first-order chi connectivity index (χ1) is 6.92. The van der Waals surface area contributed by atoms with E-state index in [1.54, 1.807) is 0 Å². The van der Waals surface area contributed by atoms with Crippen LogP contribution in [0, 0.1) is 5.92 Å². The van der Waals surface area contributed by atoms with Gasteiger partial charge in [-0.05, 0) is 51.4 Å². The van der Waals surface area contributed by atoms with Crippen LogP contribution in [0.25, 0.3) is 0 Å². The van der Waals surface area contributed by atoms with Gasteiger partial charge in [-0.15, -0.1) is 0 Å². The quantitative estimate of drug-likeness (QED) is 0.725. The molecule has 2 fully saturated rings. The van der Waals surface area contributed by atoms with Crippen molar-refractivity contribution in [3.63, 3.8) is 0 Å². The lowest BCUT2D eigenvalue weighted by Crippen LogP contribution is -2.50. The number of piperidine rings is 2. The lowest BCUT2D eigenvalue weighted by molar-refractivity contribution is 0.0903. The molecule has 0 aliphatic carbocycles. The summed E-state index contributed by atoms with van der Waals surface area (Å²) < 4.78 is 0. The summed E-state index contributed by atoms with van der Waals surface area (Å²) in [6.07, 6.45) is 7.03. The van der Waals surface area contributed by atoms with Crippen molar-refractivity contribution >= 4 is 0 Å². The molecule has 0 saturated carbocycles. The number of hydrogen-bond donors (Lipinski definition) is 1. The molecule has 2 heteroatoms. The van der Waals surface area contributed by atoms with E-state index in [0.717, 1.165) is 12.0 Å². The fourth-order valence-electron chi connectivity index (χ4n) is 3.06. The van der Waals surface area contributed by atoms with Gasteiger partial charge in [0.15, 0.2) is 0 Å². The number of likely N-dealkylation sites (tertiary alicyclic amines) is 1. The Morgan fingerprint density at radius 1 is 1.21 bits per heavy atom. The highest BCUT2D eigenvalue weighted by Gasteiger charge is 2.29. The maximum absolute atomic E-state index is 3.53. The Morgan fingerprint density at radius 3 is 2.71 bits per heavy atom. The summed E-state index contributed by atoms with van der Waals surface area (Å²) in [7, 11) is 0. The lowest BCUT2D eigenvalue weighted by Gasteiger charge is -2.41. The number of nitrogens with zero attached hydrogens (tertiary/aromatic N) is 1. The van der Waals surface area contributed by atoms with Crippen LogP contribution in [0.2, 0.25) is 0 Å². The van der Waals surface area contributed by atoms with Crippen molar-refractivity contribution < 1.29 is 0 Å². The third-order valence-electron chi connectivity index (χ3n) is 3.95. The molecule has 0 amide bonds. The van der Waals surface area contributed by atoms with Crippen LogP contribution in [0.1, 0.15) is 39.0 Å². The molecular formula is C12H24N2. The van der Waals surface area contributed by atoms with Crippen molar-refractivity contribution in [3.05, 3.63) is 0 Å². The molecule has 0 aromatic rings. The topological polar surface area (TPSA) is 15.3 Å². The van der Waals surface area contributed by atoms with Gasteiger partial charge in [0, 0.05) is 6.04 Å². The van der Waals surface area contributed by atoms with E-state index in [1.807, 2.05) is 0 Å². The van der Waals surface area contributed by atoms with Crippen molar-refractivity contribution in [3.8, 4) is 0 Å². The zero-order chi connectivity index (χ0) is 9.80. The predicted octanol–water partition coefficient (Wildman–Crippen LogP) is 1.86. The SMILES string of the molecule is CCC1CNCCC1N1CCCCC1. The molecule has 0 aromatic carbocycles. The molecule has 1 N–H and O–H groups in total. The summed E-state index contributed by atoms with van der Waals surface area (Å²) in [4.78, 5) is 2.76. The minimum absolute atomic E-state index is 0.890. The van der Waals surface area contributed by atoms with Gasteiger partial charge in [0.2, 0.25) is 0 Å². The maximum atomic E-state index is 3.53. The molecule has 14 heavy (non-hydrogen) atoms. The Labute approximate surface area is 88.1 Å². The smallest absolute Gasteiger partial charge is 0.0148 e. The van der Waals surface area contributed by atoms with Crippen molar-refractivity contribution in [2.45, 2.75) is 45.1 Å². The highest BCUT2D eigenvalue weighted by Crippen LogP contribution is 2.23. The number of hydrogen-bond acceptors (Lipinski definition) is 2. The standard InChI is InChI=1S/C12H24N2/c1-2-11-10-13-7-6-12(11)14-8-4-3-5-9-14/h11-13H,2-10H2,1H3. The van der Waals surface area contributed by atoms with Crippen LogP contribution in [-0.4, -0.2) is 37.1 Å². The summed E-state index contributed by atoms with van der Waals surface area (Å²) in [5, 5.41) is 3.53. The maximum Gasteiger partial charge on any atom is 0.0148 e. The second-order valence-corrected chi connectivity index (χ2v) is 4.83. The van der Waals surface area contributed by atoms with Crippen LogP contribution in [0.15, 0.2) is 0 Å². The molecule has 2 unspecified atom stereocenters. The summed E-state index contributed by atoms with van der Waals surface area (Å²) >= 11 is 0. The van der Waals surface area contributed by atoms with Crippen molar-refractivity contribution in [2.24, 2.45) is 5.92 Å². The van der Waals surface area contributed by atoms with Gasteiger partial charge in [0.25, 0.3) is 0 Å². The van der Waals surface area contributed by atoms with Crippen LogP contribution in [0.5, 0.6) is 0 Å². The lowest BCUT2D eigenvalue weighted by atomic mass is 9.88. The normalized spacial score (nSPS) is 35.8. The van der Waals surface area contributed by atoms with Crippen LogP contribution < -0.4 is 5.32 Å². The largest absolute Gasteiger partial charge is 0.316 e. The third kappa shape index (κ3) is 2.29. The molecule has 2 atom stereocenters. The minimum Gasteiger partial charge on any atom is -0.316 e. The highest BCUT2D eigenvalue weighted by atomic mass is 15.2. The van der Waals surface area contributed by atoms with Gasteiger partial charge in [-0.2, -0.15) is 0 Å². The molecule has 2 rings (SSSR count). The Morgan fingerprint density at radius 2 is 2.00 bits per heavy atom. The molecule has 0 radical (unpaired) electrons. The molecule has 2 saturated heterocycles. The van der Waals surface area contributed by atoms with E-state index in [9.17, 15) is 0 Å². The molecule has 0 spiro atoms. The van der Waals surface area contributed by atoms with E-state index in [0.29, 0.717) is 0 Å². The Balaban J connectivity index is 1.91. The summed E-state index contributed by atoms with van der Waals surface area (Å²) in [6, 6.07) is 0.890. The van der Waals surface area contributed by atoms with E-state index < -0.39 is 0 Å². The van der Waals surface area contributed by atoms with E-state index in [1.165, 1.54) is 58.3 Å². The number of nitrogens with one attached hydrogen (secondary N) is 1. The Hall–Kier alpha value is -0.0800. The molecule has 2 heterocycles.